The molecule has 0 bridgehead atoms. The Morgan fingerprint density at radius 3 is 2.54 bits per heavy atom. The van der Waals surface area contributed by atoms with E-state index in [1.807, 2.05) is 24.3 Å². The topological polar surface area (TPSA) is 74.2 Å². The van der Waals surface area contributed by atoms with Crippen LogP contribution in [0.4, 0.5) is 0 Å². The molecule has 130 valence electrons. The lowest BCUT2D eigenvalue weighted by atomic mass is 9.77. The van der Waals surface area contributed by atoms with Crippen molar-refractivity contribution in [3.63, 3.8) is 0 Å². The molecule has 0 aliphatic heterocycles. The lowest BCUT2D eigenvalue weighted by Gasteiger charge is -2.34. The van der Waals surface area contributed by atoms with Crippen LogP contribution in [0.1, 0.15) is 57.2 Å². The van der Waals surface area contributed by atoms with Gasteiger partial charge in [0.1, 0.15) is 5.75 Å². The predicted octanol–water partition coefficient (Wildman–Crippen LogP) is 4.21. The van der Waals surface area contributed by atoms with Crippen LogP contribution in [0.5, 0.6) is 5.75 Å². The third kappa shape index (κ3) is 3.28. The first-order valence-electron chi connectivity index (χ1n) is 8.64. The van der Waals surface area contributed by atoms with Crippen molar-refractivity contribution in [2.75, 3.05) is 0 Å². The van der Waals surface area contributed by atoms with Gasteiger partial charge in [0.15, 0.2) is 5.82 Å². The van der Waals surface area contributed by atoms with Gasteiger partial charge in [-0.15, -0.1) is 12.4 Å². The van der Waals surface area contributed by atoms with Gasteiger partial charge in [-0.05, 0) is 57.1 Å². The Morgan fingerprint density at radius 1 is 1.08 bits per heavy atom. The summed E-state index contributed by atoms with van der Waals surface area (Å²) in [4.78, 5) is 4.55. The minimum absolute atomic E-state index is 0. The molecule has 2 saturated carbocycles. The number of nitrogens with zero attached hydrogens (tertiary/aromatic N) is 2. The number of benzene rings is 1. The second-order valence-corrected chi connectivity index (χ2v) is 6.81. The van der Waals surface area contributed by atoms with Crippen LogP contribution in [0.15, 0.2) is 28.8 Å². The highest BCUT2D eigenvalue weighted by atomic mass is 35.5. The highest BCUT2D eigenvalue weighted by Crippen LogP contribution is 2.39. The summed E-state index contributed by atoms with van der Waals surface area (Å²) in [5.74, 6) is 1.95. The van der Waals surface area contributed by atoms with Crippen LogP contribution < -0.4 is 10.5 Å². The molecule has 5 nitrogen and oxygen atoms in total. The van der Waals surface area contributed by atoms with Crippen LogP contribution in [0.3, 0.4) is 0 Å². The third-order valence-electron chi connectivity index (χ3n) is 5.08. The number of aromatic nitrogens is 2. The smallest absolute Gasteiger partial charge is 0.261 e. The van der Waals surface area contributed by atoms with Crippen molar-refractivity contribution in [3.8, 4) is 17.2 Å². The highest BCUT2D eigenvalue weighted by Gasteiger charge is 2.39. The number of ether oxygens (including phenoxy) is 1. The summed E-state index contributed by atoms with van der Waals surface area (Å²) in [6.07, 6.45) is 9.30. The summed E-state index contributed by atoms with van der Waals surface area (Å²) in [5.41, 5.74) is 6.75. The highest BCUT2D eigenvalue weighted by molar-refractivity contribution is 5.85. The van der Waals surface area contributed by atoms with Crippen LogP contribution in [-0.2, 0) is 5.54 Å². The van der Waals surface area contributed by atoms with E-state index in [2.05, 4.69) is 10.1 Å². The standard InChI is InChI=1S/C18H23N3O2.ClH/c19-18(11-6-12-18)17-20-16(23-21-17)14-9-4-5-10-15(14)22-13-7-2-1-3-8-13;/h4-5,9-10,13H,1-3,6-8,11-12,19H2;1H. The molecule has 1 aromatic carbocycles. The van der Waals surface area contributed by atoms with Crippen LogP contribution in [0.2, 0.25) is 0 Å². The van der Waals surface area contributed by atoms with E-state index >= 15 is 0 Å². The van der Waals surface area contributed by atoms with E-state index < -0.39 is 5.54 Å². The fraction of sp³-hybridized carbons (Fsp3) is 0.556. The van der Waals surface area contributed by atoms with Crippen molar-refractivity contribution in [2.24, 2.45) is 5.73 Å². The fourth-order valence-electron chi connectivity index (χ4n) is 3.43. The molecule has 2 aliphatic rings. The Labute approximate surface area is 148 Å². The van der Waals surface area contributed by atoms with Gasteiger partial charge in [-0.25, -0.2) is 0 Å². The lowest BCUT2D eigenvalue weighted by Crippen LogP contribution is -2.44. The maximum absolute atomic E-state index is 6.29. The summed E-state index contributed by atoms with van der Waals surface area (Å²) in [6, 6.07) is 7.90. The van der Waals surface area contributed by atoms with Gasteiger partial charge in [0.05, 0.1) is 17.2 Å². The van der Waals surface area contributed by atoms with Gasteiger partial charge in [0.2, 0.25) is 0 Å². The van der Waals surface area contributed by atoms with E-state index in [9.17, 15) is 0 Å². The molecule has 0 saturated heterocycles. The Morgan fingerprint density at radius 2 is 1.83 bits per heavy atom. The molecule has 2 fully saturated rings. The molecule has 0 amide bonds. The Bertz CT molecular complexity index is 678. The van der Waals surface area contributed by atoms with Crippen LogP contribution in [0, 0.1) is 0 Å². The number of nitrogens with two attached hydrogens (primary N) is 1. The lowest BCUT2D eigenvalue weighted by molar-refractivity contribution is 0.155. The van der Waals surface area contributed by atoms with Crippen molar-refractivity contribution in [2.45, 2.75) is 63.0 Å². The molecule has 2 N–H and O–H groups in total. The number of para-hydroxylation sites is 1. The Kier molecular flexibility index (Phi) is 5.11. The summed E-state index contributed by atoms with van der Waals surface area (Å²) < 4.78 is 11.7. The molecule has 0 atom stereocenters. The van der Waals surface area contributed by atoms with Crippen LogP contribution >= 0.6 is 12.4 Å². The van der Waals surface area contributed by atoms with Gasteiger partial charge >= 0.3 is 0 Å². The first-order valence-corrected chi connectivity index (χ1v) is 8.64. The molecule has 0 spiro atoms. The van der Waals surface area contributed by atoms with Gasteiger partial charge < -0.3 is 15.0 Å². The second kappa shape index (κ2) is 7.11. The van der Waals surface area contributed by atoms with Crippen molar-refractivity contribution < 1.29 is 9.26 Å². The molecular weight excluding hydrogens is 326 g/mol. The molecule has 0 unspecified atom stereocenters. The number of hydrogen-bond acceptors (Lipinski definition) is 5. The summed E-state index contributed by atoms with van der Waals surface area (Å²) in [6.45, 7) is 0. The van der Waals surface area contributed by atoms with Gasteiger partial charge in [0.25, 0.3) is 5.89 Å². The van der Waals surface area contributed by atoms with Crippen molar-refractivity contribution in [3.05, 3.63) is 30.1 Å². The van der Waals surface area contributed by atoms with E-state index in [4.69, 9.17) is 15.0 Å². The largest absolute Gasteiger partial charge is 0.490 e. The first kappa shape index (κ1) is 17.2. The molecule has 4 rings (SSSR count). The maximum Gasteiger partial charge on any atom is 0.261 e. The SMILES string of the molecule is Cl.NC1(c2noc(-c3ccccc3OC3CCCCC3)n2)CCC1. The maximum atomic E-state index is 6.29. The fourth-order valence-corrected chi connectivity index (χ4v) is 3.43. The van der Waals surface area contributed by atoms with Gasteiger partial charge in [0, 0.05) is 0 Å². The zero-order valence-corrected chi connectivity index (χ0v) is 14.6. The molecular formula is C18H24ClN3O2. The zero-order valence-electron chi connectivity index (χ0n) is 13.7. The summed E-state index contributed by atoms with van der Waals surface area (Å²) in [5, 5.41) is 4.11. The van der Waals surface area contributed by atoms with Crippen LogP contribution in [-0.4, -0.2) is 16.2 Å². The Hall–Kier alpha value is -1.59. The van der Waals surface area contributed by atoms with Gasteiger partial charge in [-0.3, -0.25) is 0 Å². The zero-order chi connectivity index (χ0) is 15.7. The molecule has 0 radical (unpaired) electrons. The molecule has 2 aromatic rings. The molecule has 1 aromatic heterocycles. The molecule has 1 heterocycles. The molecule has 24 heavy (non-hydrogen) atoms. The van der Waals surface area contributed by atoms with Crippen molar-refractivity contribution in [1.29, 1.82) is 0 Å². The van der Waals surface area contributed by atoms with Gasteiger partial charge in [-0.2, -0.15) is 4.98 Å². The van der Waals surface area contributed by atoms with Gasteiger partial charge in [-0.1, -0.05) is 23.7 Å². The minimum Gasteiger partial charge on any atom is -0.490 e. The van der Waals surface area contributed by atoms with E-state index in [0.717, 1.165) is 43.4 Å². The molecule has 2 aliphatic carbocycles. The normalized spacial score (nSPS) is 20.0. The Balaban J connectivity index is 0.00000169. The van der Waals surface area contributed by atoms with E-state index in [0.29, 0.717) is 17.8 Å². The monoisotopic (exact) mass is 349 g/mol. The third-order valence-corrected chi connectivity index (χ3v) is 5.08. The second-order valence-electron chi connectivity index (χ2n) is 6.81. The van der Waals surface area contributed by atoms with Crippen LogP contribution in [0.25, 0.3) is 11.5 Å². The summed E-state index contributed by atoms with van der Waals surface area (Å²) >= 11 is 0. The number of rotatable bonds is 4. The van der Waals surface area contributed by atoms with Crippen molar-refractivity contribution in [1.82, 2.24) is 10.1 Å². The quantitative estimate of drug-likeness (QED) is 0.895. The minimum atomic E-state index is -0.402. The average Bonchev–Trinajstić information content (AvgIpc) is 3.04. The van der Waals surface area contributed by atoms with E-state index in [1.165, 1.54) is 19.3 Å². The number of hydrogen-bond donors (Lipinski definition) is 1. The first-order chi connectivity index (χ1) is 11.2. The van der Waals surface area contributed by atoms with Crippen molar-refractivity contribution >= 4 is 12.4 Å². The predicted molar refractivity (Wildman–Crippen MR) is 94.2 cm³/mol. The molecule has 6 heteroatoms. The average molecular weight is 350 g/mol. The number of halogens is 1. The van der Waals surface area contributed by atoms with E-state index in [1.54, 1.807) is 0 Å². The summed E-state index contributed by atoms with van der Waals surface area (Å²) in [7, 11) is 0. The van der Waals surface area contributed by atoms with E-state index in [-0.39, 0.29) is 12.4 Å².